The third-order valence-electron chi connectivity index (χ3n) is 2.40. The van der Waals surface area contributed by atoms with Gasteiger partial charge in [0.15, 0.2) is 5.82 Å². The van der Waals surface area contributed by atoms with E-state index >= 15 is 0 Å². The fourth-order valence-electron chi connectivity index (χ4n) is 1.53. The summed E-state index contributed by atoms with van der Waals surface area (Å²) < 4.78 is 5.28. The van der Waals surface area contributed by atoms with E-state index in [1.807, 2.05) is 0 Å². The Morgan fingerprint density at radius 2 is 2.25 bits per heavy atom. The molecule has 0 saturated carbocycles. The second-order valence-corrected chi connectivity index (χ2v) is 3.67. The molecule has 1 saturated heterocycles. The Morgan fingerprint density at radius 3 is 3.00 bits per heavy atom. The van der Waals surface area contributed by atoms with Gasteiger partial charge in [-0.25, -0.2) is 0 Å². The molecular weight excluding hydrogens is 206 g/mol. The second-order valence-electron chi connectivity index (χ2n) is 3.67. The van der Waals surface area contributed by atoms with Crippen molar-refractivity contribution in [1.82, 2.24) is 15.2 Å². The average molecular weight is 223 g/mol. The topological polar surface area (TPSA) is 63.2 Å². The van der Waals surface area contributed by atoms with Gasteiger partial charge in [-0.2, -0.15) is 10.1 Å². The molecule has 1 aliphatic heterocycles. The van der Waals surface area contributed by atoms with E-state index in [2.05, 4.69) is 32.3 Å². The highest BCUT2D eigenvalue weighted by Crippen LogP contribution is 2.10. The molecule has 88 valence electrons. The fraction of sp³-hybridized carbons (Fsp3) is 0.700. The molecule has 6 heteroatoms. The highest BCUT2D eigenvalue weighted by molar-refractivity contribution is 5.38. The number of morpholine rings is 1. The van der Waals surface area contributed by atoms with E-state index in [4.69, 9.17) is 4.74 Å². The third-order valence-corrected chi connectivity index (χ3v) is 2.40. The van der Waals surface area contributed by atoms with Gasteiger partial charge in [0.1, 0.15) is 0 Å². The predicted octanol–water partition coefficient (Wildman–Crippen LogP) is 0.530. The number of hydrogen-bond donors (Lipinski definition) is 1. The van der Waals surface area contributed by atoms with Gasteiger partial charge in [0.05, 0.1) is 19.4 Å². The minimum atomic E-state index is 0.685. The number of aromatic nitrogens is 3. The maximum absolute atomic E-state index is 5.28. The molecule has 0 atom stereocenters. The van der Waals surface area contributed by atoms with Crippen molar-refractivity contribution in [3.8, 4) is 0 Å². The van der Waals surface area contributed by atoms with Crippen LogP contribution in [0.3, 0.4) is 0 Å². The summed E-state index contributed by atoms with van der Waals surface area (Å²) in [6.07, 6.45) is 2.72. The maximum Gasteiger partial charge on any atom is 0.247 e. The van der Waals surface area contributed by atoms with Crippen molar-refractivity contribution < 1.29 is 4.74 Å². The lowest BCUT2D eigenvalue weighted by Gasteiger charge is -2.26. The third kappa shape index (κ3) is 2.79. The van der Waals surface area contributed by atoms with Crippen LogP contribution in [0.2, 0.25) is 0 Å². The summed E-state index contributed by atoms with van der Waals surface area (Å²) in [7, 11) is 0. The van der Waals surface area contributed by atoms with E-state index in [-0.39, 0.29) is 0 Å². The van der Waals surface area contributed by atoms with Gasteiger partial charge in [-0.1, -0.05) is 6.92 Å². The summed E-state index contributed by atoms with van der Waals surface area (Å²) in [5, 5.41) is 11.2. The Kier molecular flexibility index (Phi) is 3.87. The van der Waals surface area contributed by atoms with Crippen LogP contribution in [-0.4, -0.2) is 48.0 Å². The minimum Gasteiger partial charge on any atom is -0.378 e. The van der Waals surface area contributed by atoms with Crippen molar-refractivity contribution in [1.29, 1.82) is 0 Å². The first kappa shape index (κ1) is 11.1. The van der Waals surface area contributed by atoms with Crippen molar-refractivity contribution in [2.24, 2.45) is 0 Å². The summed E-state index contributed by atoms with van der Waals surface area (Å²) in [4.78, 5) is 6.51. The molecule has 0 bridgehead atoms. The lowest BCUT2D eigenvalue weighted by molar-refractivity contribution is 0.122. The van der Waals surface area contributed by atoms with E-state index in [0.717, 1.165) is 45.1 Å². The Morgan fingerprint density at radius 1 is 1.44 bits per heavy atom. The Balaban J connectivity index is 2.02. The van der Waals surface area contributed by atoms with Crippen LogP contribution in [0.1, 0.15) is 13.3 Å². The van der Waals surface area contributed by atoms with Gasteiger partial charge in [0, 0.05) is 19.6 Å². The molecule has 1 aromatic rings. The molecule has 1 aromatic heterocycles. The maximum atomic E-state index is 5.28. The molecule has 0 amide bonds. The van der Waals surface area contributed by atoms with Gasteiger partial charge in [0.2, 0.25) is 5.95 Å². The normalized spacial score (nSPS) is 16.2. The molecule has 0 spiro atoms. The first-order valence-corrected chi connectivity index (χ1v) is 5.66. The highest BCUT2D eigenvalue weighted by Gasteiger charge is 2.14. The minimum absolute atomic E-state index is 0.685. The van der Waals surface area contributed by atoms with E-state index in [1.165, 1.54) is 0 Å². The summed E-state index contributed by atoms with van der Waals surface area (Å²) in [6, 6.07) is 0. The van der Waals surface area contributed by atoms with E-state index in [0.29, 0.717) is 5.95 Å². The smallest absolute Gasteiger partial charge is 0.247 e. The van der Waals surface area contributed by atoms with Gasteiger partial charge < -0.3 is 15.0 Å². The number of ether oxygens (including phenoxy) is 1. The van der Waals surface area contributed by atoms with Crippen LogP contribution < -0.4 is 10.2 Å². The molecular formula is C10H17N5O. The van der Waals surface area contributed by atoms with E-state index in [1.54, 1.807) is 6.20 Å². The van der Waals surface area contributed by atoms with Crippen molar-refractivity contribution >= 4 is 11.8 Å². The van der Waals surface area contributed by atoms with Crippen molar-refractivity contribution in [2.45, 2.75) is 13.3 Å². The van der Waals surface area contributed by atoms with Crippen LogP contribution in [0.25, 0.3) is 0 Å². The molecule has 1 N–H and O–H groups in total. The van der Waals surface area contributed by atoms with Crippen LogP contribution in [0.4, 0.5) is 11.8 Å². The van der Waals surface area contributed by atoms with E-state index < -0.39 is 0 Å². The lowest BCUT2D eigenvalue weighted by atomic mass is 10.4. The van der Waals surface area contributed by atoms with Gasteiger partial charge in [0.25, 0.3) is 0 Å². The zero-order valence-corrected chi connectivity index (χ0v) is 9.52. The van der Waals surface area contributed by atoms with Crippen molar-refractivity contribution in [3.63, 3.8) is 0 Å². The molecule has 6 nitrogen and oxygen atoms in total. The van der Waals surface area contributed by atoms with Gasteiger partial charge >= 0.3 is 0 Å². The molecule has 0 aliphatic carbocycles. The quantitative estimate of drug-likeness (QED) is 0.803. The zero-order chi connectivity index (χ0) is 11.2. The predicted molar refractivity (Wildman–Crippen MR) is 61.6 cm³/mol. The number of nitrogens with one attached hydrogen (secondary N) is 1. The van der Waals surface area contributed by atoms with Crippen LogP contribution >= 0.6 is 0 Å². The van der Waals surface area contributed by atoms with Crippen LogP contribution in [0.5, 0.6) is 0 Å². The fourth-order valence-corrected chi connectivity index (χ4v) is 1.53. The first-order valence-electron chi connectivity index (χ1n) is 5.66. The van der Waals surface area contributed by atoms with Gasteiger partial charge in [-0.3, -0.25) is 0 Å². The Hall–Kier alpha value is -1.43. The molecule has 0 radical (unpaired) electrons. The lowest BCUT2D eigenvalue weighted by Crippen LogP contribution is -2.37. The SMILES string of the molecule is CCCNc1cnnc(N2CCOCC2)n1. The molecule has 16 heavy (non-hydrogen) atoms. The zero-order valence-electron chi connectivity index (χ0n) is 9.52. The van der Waals surface area contributed by atoms with E-state index in [9.17, 15) is 0 Å². The monoisotopic (exact) mass is 223 g/mol. The first-order chi connectivity index (χ1) is 7.90. The molecule has 0 aromatic carbocycles. The Bertz CT molecular complexity index is 327. The van der Waals surface area contributed by atoms with Crippen LogP contribution in [-0.2, 0) is 4.74 Å². The summed E-state index contributed by atoms with van der Waals surface area (Å²) in [6.45, 7) is 6.15. The van der Waals surface area contributed by atoms with Gasteiger partial charge in [-0.05, 0) is 6.42 Å². The summed E-state index contributed by atoms with van der Waals surface area (Å²) in [5.74, 6) is 1.47. The largest absolute Gasteiger partial charge is 0.378 e. The standard InChI is InChI=1S/C10H17N5O/c1-2-3-11-9-8-12-14-10(13-9)15-4-6-16-7-5-15/h8H,2-7H2,1H3,(H,11,13,14). The number of rotatable bonds is 4. The van der Waals surface area contributed by atoms with Crippen molar-refractivity contribution in [2.75, 3.05) is 43.1 Å². The summed E-state index contributed by atoms with van der Waals surface area (Å²) >= 11 is 0. The number of nitrogens with zero attached hydrogens (tertiary/aromatic N) is 4. The molecule has 2 heterocycles. The summed E-state index contributed by atoms with van der Waals surface area (Å²) in [5.41, 5.74) is 0. The Labute approximate surface area is 95.0 Å². The average Bonchev–Trinajstić information content (AvgIpc) is 2.38. The highest BCUT2D eigenvalue weighted by atomic mass is 16.5. The number of hydrogen-bond acceptors (Lipinski definition) is 6. The van der Waals surface area contributed by atoms with Crippen LogP contribution in [0.15, 0.2) is 6.20 Å². The van der Waals surface area contributed by atoms with Crippen LogP contribution in [0, 0.1) is 0 Å². The number of anilines is 2. The molecule has 1 fully saturated rings. The van der Waals surface area contributed by atoms with Crippen molar-refractivity contribution in [3.05, 3.63) is 6.20 Å². The molecule has 0 unspecified atom stereocenters. The molecule has 2 rings (SSSR count). The molecule has 1 aliphatic rings. The van der Waals surface area contributed by atoms with Gasteiger partial charge in [-0.15, -0.1) is 5.10 Å². The second kappa shape index (κ2) is 5.60.